The van der Waals surface area contributed by atoms with Crippen molar-refractivity contribution < 1.29 is 13.2 Å². The van der Waals surface area contributed by atoms with Gasteiger partial charge in [-0.05, 0) is 64.2 Å². The van der Waals surface area contributed by atoms with Crippen molar-refractivity contribution in [2.45, 2.75) is 63.8 Å². The molecular formula is C24H33N3O3S. The van der Waals surface area contributed by atoms with Crippen LogP contribution in [0.15, 0.2) is 77.0 Å². The van der Waals surface area contributed by atoms with Gasteiger partial charge in [0.2, 0.25) is 10.0 Å². The summed E-state index contributed by atoms with van der Waals surface area (Å²) in [5, 5.41) is 3.01. The minimum Gasteiger partial charge on any atom is -0.346 e. The third kappa shape index (κ3) is 7.60. The minimum atomic E-state index is -3.44. The van der Waals surface area contributed by atoms with Gasteiger partial charge in [-0.15, -0.1) is 0 Å². The Balaban J connectivity index is 1.83. The van der Waals surface area contributed by atoms with Gasteiger partial charge in [0.05, 0.1) is 10.8 Å². The molecule has 6 nitrogen and oxygen atoms in total. The van der Waals surface area contributed by atoms with Crippen LogP contribution in [-0.2, 0) is 14.8 Å². The van der Waals surface area contributed by atoms with Crippen molar-refractivity contribution >= 4 is 22.1 Å². The van der Waals surface area contributed by atoms with Crippen LogP contribution in [0, 0.1) is 0 Å². The molecule has 2 N–H and O–H groups in total. The van der Waals surface area contributed by atoms with Gasteiger partial charge in [0.1, 0.15) is 0 Å². The predicted molar refractivity (Wildman–Crippen MR) is 128 cm³/mol. The summed E-state index contributed by atoms with van der Waals surface area (Å²) in [5.74, 6) is -0.162. The highest BCUT2D eigenvalue weighted by molar-refractivity contribution is 7.90. The number of amides is 1. The van der Waals surface area contributed by atoms with Crippen LogP contribution in [0.2, 0.25) is 0 Å². The molecular weight excluding hydrogens is 410 g/mol. The molecule has 2 unspecified atom stereocenters. The molecule has 0 saturated carbocycles. The summed E-state index contributed by atoms with van der Waals surface area (Å²) in [7, 11) is -3.44. The van der Waals surface area contributed by atoms with E-state index in [4.69, 9.17) is 0 Å². The number of nitrogens with zero attached hydrogens (tertiary/aromatic N) is 1. The molecule has 7 heteroatoms. The first-order valence-corrected chi connectivity index (χ1v) is 11.9. The molecule has 0 radical (unpaired) electrons. The summed E-state index contributed by atoms with van der Waals surface area (Å²) in [5.41, 5.74) is 2.67. The fraction of sp³-hybridized carbons (Fsp3) is 0.417. The maximum absolute atomic E-state index is 12.6. The molecule has 2 aliphatic carbocycles. The zero-order valence-electron chi connectivity index (χ0n) is 18.8. The molecule has 0 aliphatic heterocycles. The van der Waals surface area contributed by atoms with E-state index in [1.807, 2.05) is 25.2 Å². The van der Waals surface area contributed by atoms with E-state index < -0.39 is 14.8 Å². The van der Waals surface area contributed by atoms with Crippen molar-refractivity contribution in [3.05, 3.63) is 72.0 Å². The van der Waals surface area contributed by atoms with E-state index in [2.05, 4.69) is 27.7 Å². The van der Waals surface area contributed by atoms with Crippen molar-refractivity contribution in [3.63, 3.8) is 0 Å². The fourth-order valence-corrected chi connectivity index (χ4v) is 3.89. The van der Waals surface area contributed by atoms with Crippen LogP contribution in [0.25, 0.3) is 0 Å². The normalized spacial score (nSPS) is 21.9. The number of hydrogen-bond acceptors (Lipinski definition) is 4. The molecule has 0 spiro atoms. The lowest BCUT2D eigenvalue weighted by molar-refractivity contribution is -0.117. The van der Waals surface area contributed by atoms with Gasteiger partial charge in [0.15, 0.2) is 0 Å². The largest absolute Gasteiger partial charge is 0.346 e. The van der Waals surface area contributed by atoms with E-state index in [0.717, 1.165) is 17.6 Å². The van der Waals surface area contributed by atoms with Crippen LogP contribution in [-0.4, -0.2) is 37.4 Å². The van der Waals surface area contributed by atoms with E-state index in [-0.39, 0.29) is 18.0 Å². The van der Waals surface area contributed by atoms with Crippen LogP contribution >= 0.6 is 0 Å². The lowest BCUT2D eigenvalue weighted by Crippen LogP contribution is -2.44. The first kappa shape index (κ1) is 24.8. The van der Waals surface area contributed by atoms with Gasteiger partial charge in [0.25, 0.3) is 5.91 Å². The second-order valence-corrected chi connectivity index (χ2v) is 11.1. The summed E-state index contributed by atoms with van der Waals surface area (Å²) < 4.78 is 26.4. The molecule has 0 aromatic rings. The van der Waals surface area contributed by atoms with Crippen LogP contribution in [0.4, 0.5) is 0 Å². The average molecular weight is 444 g/mol. The molecule has 2 aliphatic rings. The van der Waals surface area contributed by atoms with E-state index in [1.165, 1.54) is 0 Å². The quantitative estimate of drug-likeness (QED) is 0.441. The van der Waals surface area contributed by atoms with E-state index in [1.54, 1.807) is 51.4 Å². The summed E-state index contributed by atoms with van der Waals surface area (Å²) >= 11 is 0. The van der Waals surface area contributed by atoms with Gasteiger partial charge in [-0.2, -0.15) is 0 Å². The third-order valence-corrected chi connectivity index (χ3v) is 7.17. The number of aliphatic imine (C=N–C) groups is 1. The number of nitrogens with one attached hydrogen (secondary N) is 2. The third-order valence-electron chi connectivity index (χ3n) is 4.94. The number of carbonyl (C=O) groups excluding carboxylic acids is 1. The van der Waals surface area contributed by atoms with Gasteiger partial charge in [-0.1, -0.05) is 43.0 Å². The number of sulfonamides is 1. The molecule has 0 saturated heterocycles. The lowest BCUT2D eigenvalue weighted by atomic mass is 9.97. The Bertz CT molecular complexity index is 974. The maximum Gasteiger partial charge on any atom is 0.251 e. The first-order chi connectivity index (χ1) is 14.5. The Hall–Kier alpha value is -2.51. The van der Waals surface area contributed by atoms with Gasteiger partial charge in [-0.3, -0.25) is 9.79 Å². The van der Waals surface area contributed by atoms with E-state index in [9.17, 15) is 13.2 Å². The second-order valence-electron chi connectivity index (χ2n) is 8.61. The zero-order valence-corrected chi connectivity index (χ0v) is 19.6. The van der Waals surface area contributed by atoms with Gasteiger partial charge >= 0.3 is 0 Å². The fourth-order valence-electron chi connectivity index (χ4n) is 2.96. The second kappa shape index (κ2) is 10.7. The molecule has 1 amide bonds. The van der Waals surface area contributed by atoms with Gasteiger partial charge < -0.3 is 5.32 Å². The van der Waals surface area contributed by atoms with E-state index in [0.29, 0.717) is 18.4 Å². The first-order valence-electron chi connectivity index (χ1n) is 10.4. The molecule has 31 heavy (non-hydrogen) atoms. The average Bonchev–Trinajstić information content (AvgIpc) is 2.69. The number of rotatable bonds is 8. The standard InChI is InChI=1S/C24H33N3O3S/c1-6-25-16-15-18(2)17-19-7-11-21(12-8-19)26-23(28)20-9-13-22(14-10-20)27-31(29,30)24(3,4)5/h6-11,13,15-16,21-22,27H,2,12,14,17H2,1,3-5H3,(H,26,28)/b16-15-,25-6-. The molecule has 2 atom stereocenters. The van der Waals surface area contributed by atoms with Gasteiger partial charge in [0, 0.05) is 24.0 Å². The molecule has 0 fully saturated rings. The molecule has 0 aromatic carbocycles. The SMILES string of the molecule is C=C(/C=C\N=C/C)CC1=CCC(NC(=O)C2=CCC(NS(=O)(=O)C(C)(C)C)C=C2)C=C1. The van der Waals surface area contributed by atoms with Crippen LogP contribution < -0.4 is 10.0 Å². The molecule has 0 heterocycles. The molecule has 168 valence electrons. The summed E-state index contributed by atoms with van der Waals surface area (Å²) in [6, 6.07) is -0.415. The van der Waals surface area contributed by atoms with Crippen molar-refractivity contribution in [1.29, 1.82) is 0 Å². The molecule has 0 bridgehead atoms. The summed E-state index contributed by atoms with van der Waals surface area (Å²) in [6.07, 6.45) is 18.5. The highest BCUT2D eigenvalue weighted by atomic mass is 32.2. The summed E-state index contributed by atoms with van der Waals surface area (Å²) in [4.78, 5) is 16.6. The van der Waals surface area contributed by atoms with E-state index >= 15 is 0 Å². The number of allylic oxidation sites excluding steroid dienone is 4. The van der Waals surface area contributed by atoms with Gasteiger partial charge in [-0.25, -0.2) is 13.1 Å². The Morgan fingerprint density at radius 2 is 1.87 bits per heavy atom. The monoisotopic (exact) mass is 443 g/mol. The van der Waals surface area contributed by atoms with Crippen LogP contribution in [0.1, 0.15) is 47.0 Å². The smallest absolute Gasteiger partial charge is 0.251 e. The highest BCUT2D eigenvalue weighted by Gasteiger charge is 2.31. The number of carbonyl (C=O) groups is 1. The summed E-state index contributed by atoms with van der Waals surface area (Å²) in [6.45, 7) is 10.9. The Labute approximate surface area is 186 Å². The predicted octanol–water partition coefficient (Wildman–Crippen LogP) is 3.88. The highest BCUT2D eigenvalue weighted by Crippen LogP contribution is 2.20. The Morgan fingerprint density at radius 1 is 1.19 bits per heavy atom. The Morgan fingerprint density at radius 3 is 2.42 bits per heavy atom. The Kier molecular flexibility index (Phi) is 8.53. The maximum atomic E-state index is 12.6. The zero-order chi connectivity index (χ0) is 23.1. The lowest BCUT2D eigenvalue weighted by Gasteiger charge is -2.25. The molecule has 0 aromatic heterocycles. The topological polar surface area (TPSA) is 87.6 Å². The molecule has 2 rings (SSSR count). The van der Waals surface area contributed by atoms with Crippen LogP contribution in [0.3, 0.4) is 0 Å². The van der Waals surface area contributed by atoms with Crippen molar-refractivity contribution in [1.82, 2.24) is 10.0 Å². The van der Waals surface area contributed by atoms with Crippen molar-refractivity contribution in [2.24, 2.45) is 4.99 Å². The van der Waals surface area contributed by atoms with Crippen molar-refractivity contribution in [3.8, 4) is 0 Å². The number of hydrogen-bond donors (Lipinski definition) is 2. The minimum absolute atomic E-state index is 0.0730. The van der Waals surface area contributed by atoms with Crippen molar-refractivity contribution in [2.75, 3.05) is 0 Å². The van der Waals surface area contributed by atoms with Crippen LogP contribution in [0.5, 0.6) is 0 Å².